The van der Waals surface area contributed by atoms with Gasteiger partial charge in [-0.25, -0.2) is 0 Å². The van der Waals surface area contributed by atoms with Crippen LogP contribution in [-0.2, 0) is 11.2 Å². The Hall–Kier alpha value is -2.28. The third kappa shape index (κ3) is 6.08. The maximum Gasteiger partial charge on any atom is 0.251 e. The number of carbonyl (C=O) groups is 2. The van der Waals surface area contributed by atoms with Crippen LogP contribution in [0.1, 0.15) is 48.0 Å². The average Bonchev–Trinajstić information content (AvgIpc) is 3.04. The Labute approximate surface area is 145 Å². The van der Waals surface area contributed by atoms with Gasteiger partial charge in [0.25, 0.3) is 5.91 Å². The predicted octanol–water partition coefficient (Wildman–Crippen LogP) is 3.03. The second-order valence-electron chi connectivity index (χ2n) is 5.38. The van der Waals surface area contributed by atoms with E-state index in [0.29, 0.717) is 30.1 Å². The van der Waals surface area contributed by atoms with Crippen LogP contribution in [-0.4, -0.2) is 28.6 Å². The molecule has 1 aromatic heterocycles. The number of nitrogens with one attached hydrogen (secondary N) is 2. The Morgan fingerprint density at radius 3 is 2.67 bits per heavy atom. The van der Waals surface area contributed by atoms with Crippen molar-refractivity contribution in [1.29, 1.82) is 0 Å². The minimum atomic E-state index is -0.124. The molecule has 6 nitrogen and oxygen atoms in total. The number of nitrogens with zero attached hydrogens (tertiary/aromatic N) is 2. The van der Waals surface area contributed by atoms with Crippen LogP contribution in [0.3, 0.4) is 0 Å². The minimum Gasteiger partial charge on any atom is -0.352 e. The first-order valence-corrected chi connectivity index (χ1v) is 8.96. The lowest BCUT2D eigenvalue weighted by Gasteiger charge is -2.05. The molecule has 0 spiro atoms. The van der Waals surface area contributed by atoms with Gasteiger partial charge in [0.1, 0.15) is 5.01 Å². The molecule has 0 aliphatic carbocycles. The second kappa shape index (κ2) is 9.77. The number of carbonyl (C=O) groups excluding carboxylic acids is 2. The Bertz CT molecular complexity index is 658. The van der Waals surface area contributed by atoms with E-state index in [2.05, 4.69) is 27.8 Å². The zero-order valence-electron chi connectivity index (χ0n) is 13.7. The Morgan fingerprint density at radius 1 is 1.12 bits per heavy atom. The number of aryl methyl sites for hydroxylation is 1. The fourth-order valence-electron chi connectivity index (χ4n) is 2.06. The zero-order chi connectivity index (χ0) is 17.2. The van der Waals surface area contributed by atoms with Gasteiger partial charge < -0.3 is 10.6 Å². The monoisotopic (exact) mass is 346 g/mol. The van der Waals surface area contributed by atoms with Gasteiger partial charge in [-0.1, -0.05) is 42.9 Å². The lowest BCUT2D eigenvalue weighted by Crippen LogP contribution is -2.25. The number of benzene rings is 1. The molecule has 2 rings (SSSR count). The molecule has 1 aromatic carbocycles. The third-order valence-electron chi connectivity index (χ3n) is 3.36. The van der Waals surface area contributed by atoms with Crippen molar-refractivity contribution >= 4 is 28.3 Å². The fourth-order valence-corrected chi connectivity index (χ4v) is 2.86. The standard InChI is InChI=1S/C17H22N4O2S/c1-2-3-11-15-20-21-17(24-15)19-14(22)10-7-12-18-16(23)13-8-5-4-6-9-13/h4-6,8-9H,2-3,7,10-12H2,1H3,(H,18,23)(H,19,21,22). The van der Waals surface area contributed by atoms with Gasteiger partial charge in [0.2, 0.25) is 11.0 Å². The van der Waals surface area contributed by atoms with Gasteiger partial charge in [0.05, 0.1) is 0 Å². The van der Waals surface area contributed by atoms with Crippen molar-refractivity contribution in [2.75, 3.05) is 11.9 Å². The third-order valence-corrected chi connectivity index (χ3v) is 4.26. The van der Waals surface area contributed by atoms with Crippen LogP contribution in [0.25, 0.3) is 0 Å². The number of rotatable bonds is 9. The predicted molar refractivity (Wildman–Crippen MR) is 95.2 cm³/mol. The summed E-state index contributed by atoms with van der Waals surface area (Å²) in [5, 5.41) is 15.1. The van der Waals surface area contributed by atoms with Crippen LogP contribution in [0.15, 0.2) is 30.3 Å². The summed E-state index contributed by atoms with van der Waals surface area (Å²) in [6, 6.07) is 9.02. The van der Waals surface area contributed by atoms with Gasteiger partial charge in [-0.05, 0) is 25.0 Å². The summed E-state index contributed by atoms with van der Waals surface area (Å²) in [6.07, 6.45) is 3.99. The lowest BCUT2D eigenvalue weighted by molar-refractivity contribution is -0.116. The summed E-state index contributed by atoms with van der Waals surface area (Å²) in [6.45, 7) is 2.58. The van der Waals surface area contributed by atoms with Crippen LogP contribution >= 0.6 is 11.3 Å². The molecule has 2 aromatic rings. The van der Waals surface area contributed by atoms with Gasteiger partial charge in [-0.2, -0.15) is 0 Å². The van der Waals surface area contributed by atoms with E-state index in [1.165, 1.54) is 11.3 Å². The molecule has 1 heterocycles. The van der Waals surface area contributed by atoms with Crippen molar-refractivity contribution in [3.8, 4) is 0 Å². The number of hydrogen-bond donors (Lipinski definition) is 2. The molecule has 0 saturated heterocycles. The molecule has 0 fully saturated rings. The first-order chi connectivity index (χ1) is 11.7. The Kier molecular flexibility index (Phi) is 7.35. The topological polar surface area (TPSA) is 84.0 Å². The van der Waals surface area contributed by atoms with E-state index in [1.807, 2.05) is 18.2 Å². The van der Waals surface area contributed by atoms with Crippen molar-refractivity contribution < 1.29 is 9.59 Å². The Morgan fingerprint density at radius 2 is 1.92 bits per heavy atom. The molecule has 2 amide bonds. The zero-order valence-corrected chi connectivity index (χ0v) is 14.6. The van der Waals surface area contributed by atoms with Crippen LogP contribution in [0, 0.1) is 0 Å². The van der Waals surface area contributed by atoms with Crippen molar-refractivity contribution in [2.24, 2.45) is 0 Å². The molecule has 0 saturated carbocycles. The summed E-state index contributed by atoms with van der Waals surface area (Å²) >= 11 is 1.42. The molecule has 0 atom stereocenters. The van der Waals surface area contributed by atoms with E-state index in [-0.39, 0.29) is 11.8 Å². The molecule has 0 aliphatic heterocycles. The quantitative estimate of drug-likeness (QED) is 0.684. The smallest absolute Gasteiger partial charge is 0.251 e. The van der Waals surface area contributed by atoms with Gasteiger partial charge >= 0.3 is 0 Å². The summed E-state index contributed by atoms with van der Waals surface area (Å²) in [4.78, 5) is 23.7. The molecule has 24 heavy (non-hydrogen) atoms. The van der Waals surface area contributed by atoms with E-state index in [1.54, 1.807) is 12.1 Å². The van der Waals surface area contributed by atoms with Crippen LogP contribution in [0.5, 0.6) is 0 Å². The highest BCUT2D eigenvalue weighted by Gasteiger charge is 2.08. The molecule has 0 radical (unpaired) electrons. The van der Waals surface area contributed by atoms with Crippen LogP contribution in [0.2, 0.25) is 0 Å². The molecule has 0 bridgehead atoms. The molecular weight excluding hydrogens is 324 g/mol. The molecule has 7 heteroatoms. The van der Waals surface area contributed by atoms with E-state index < -0.39 is 0 Å². The largest absolute Gasteiger partial charge is 0.352 e. The van der Waals surface area contributed by atoms with Gasteiger partial charge in [0.15, 0.2) is 0 Å². The maximum atomic E-state index is 11.9. The van der Waals surface area contributed by atoms with E-state index >= 15 is 0 Å². The fraction of sp³-hybridized carbons (Fsp3) is 0.412. The SMILES string of the molecule is CCCCc1nnc(NC(=O)CCCNC(=O)c2ccccc2)s1. The van der Waals surface area contributed by atoms with Crippen LogP contribution in [0.4, 0.5) is 5.13 Å². The number of anilines is 1. The number of amides is 2. The van der Waals surface area contributed by atoms with Crippen LogP contribution < -0.4 is 10.6 Å². The summed E-state index contributed by atoms with van der Waals surface area (Å²) in [5.41, 5.74) is 0.621. The van der Waals surface area contributed by atoms with Crippen molar-refractivity contribution in [3.05, 3.63) is 40.9 Å². The van der Waals surface area contributed by atoms with Gasteiger partial charge in [-0.15, -0.1) is 10.2 Å². The summed E-state index contributed by atoms with van der Waals surface area (Å²) < 4.78 is 0. The van der Waals surface area contributed by atoms with Gasteiger partial charge in [0, 0.05) is 24.9 Å². The highest BCUT2D eigenvalue weighted by molar-refractivity contribution is 7.15. The number of aromatic nitrogens is 2. The molecule has 0 unspecified atom stereocenters. The van der Waals surface area contributed by atoms with Crippen molar-refractivity contribution in [2.45, 2.75) is 39.0 Å². The lowest BCUT2D eigenvalue weighted by atomic mass is 10.2. The molecule has 128 valence electrons. The second-order valence-corrected chi connectivity index (χ2v) is 6.44. The maximum absolute atomic E-state index is 11.9. The first-order valence-electron chi connectivity index (χ1n) is 8.14. The van der Waals surface area contributed by atoms with E-state index in [0.717, 1.165) is 24.3 Å². The minimum absolute atomic E-state index is 0.109. The highest BCUT2D eigenvalue weighted by Crippen LogP contribution is 2.17. The summed E-state index contributed by atoms with van der Waals surface area (Å²) in [7, 11) is 0. The van der Waals surface area contributed by atoms with Gasteiger partial charge in [-0.3, -0.25) is 9.59 Å². The first kappa shape index (κ1) is 18.1. The number of hydrogen-bond acceptors (Lipinski definition) is 5. The normalized spacial score (nSPS) is 10.4. The van der Waals surface area contributed by atoms with E-state index in [9.17, 15) is 9.59 Å². The highest BCUT2D eigenvalue weighted by atomic mass is 32.1. The Balaban J connectivity index is 1.64. The van der Waals surface area contributed by atoms with E-state index in [4.69, 9.17) is 0 Å². The molecule has 0 aliphatic rings. The average molecular weight is 346 g/mol. The number of unbranched alkanes of at least 4 members (excludes halogenated alkanes) is 1. The molecule has 2 N–H and O–H groups in total. The molecular formula is C17H22N4O2S. The van der Waals surface area contributed by atoms with Crippen molar-refractivity contribution in [1.82, 2.24) is 15.5 Å². The van der Waals surface area contributed by atoms with Crippen molar-refractivity contribution in [3.63, 3.8) is 0 Å². The summed E-state index contributed by atoms with van der Waals surface area (Å²) in [5.74, 6) is -0.233.